The van der Waals surface area contributed by atoms with Crippen LogP contribution >= 0.6 is 35.0 Å². The van der Waals surface area contributed by atoms with E-state index in [1.54, 1.807) is 27.8 Å². The number of hydrogen-bond acceptors (Lipinski definition) is 4. The molecular formula is C26H30Cl2N4O2S. The molecule has 0 atom stereocenters. The standard InChI is InChI=1S/C26H30Cl2N4O2S/c1-17(2)31(25(34)16-35-19-9-7-6-8-10-19)15-24(33)29-23-14-22(26(3,4)5)30-32(23)18-11-12-20(27)21(28)13-18/h6-14,17H,15-16H2,1-5H3,(H,29,33). The minimum Gasteiger partial charge on any atom is -0.330 e. The predicted molar refractivity (Wildman–Crippen MR) is 145 cm³/mol. The Morgan fingerprint density at radius 3 is 2.34 bits per heavy atom. The molecule has 0 fully saturated rings. The molecule has 0 saturated heterocycles. The van der Waals surface area contributed by atoms with Gasteiger partial charge in [-0.2, -0.15) is 5.10 Å². The van der Waals surface area contributed by atoms with Crippen LogP contribution < -0.4 is 5.32 Å². The van der Waals surface area contributed by atoms with Gasteiger partial charge in [-0.3, -0.25) is 9.59 Å². The number of amides is 2. The van der Waals surface area contributed by atoms with Crippen molar-refractivity contribution < 1.29 is 9.59 Å². The average Bonchev–Trinajstić information content (AvgIpc) is 3.22. The minimum atomic E-state index is -0.307. The number of carbonyl (C=O) groups excluding carboxylic acids is 2. The van der Waals surface area contributed by atoms with Gasteiger partial charge in [-0.25, -0.2) is 4.68 Å². The maximum absolute atomic E-state index is 13.1. The van der Waals surface area contributed by atoms with Crippen molar-refractivity contribution in [3.05, 3.63) is 70.3 Å². The molecule has 1 aromatic heterocycles. The molecule has 9 heteroatoms. The van der Waals surface area contributed by atoms with Crippen LogP contribution in [-0.2, 0) is 15.0 Å². The fourth-order valence-corrected chi connectivity index (χ4v) is 4.39. The molecule has 3 aromatic rings. The number of halogens is 2. The van der Waals surface area contributed by atoms with Gasteiger partial charge < -0.3 is 10.2 Å². The van der Waals surface area contributed by atoms with Gasteiger partial charge in [0.2, 0.25) is 11.8 Å². The second-order valence-electron chi connectivity index (χ2n) is 9.44. The summed E-state index contributed by atoms with van der Waals surface area (Å²) in [5.74, 6) is 0.342. The van der Waals surface area contributed by atoms with E-state index < -0.39 is 0 Å². The number of anilines is 1. The van der Waals surface area contributed by atoms with Gasteiger partial charge in [0.05, 0.1) is 27.2 Å². The SMILES string of the molecule is CC(C)N(CC(=O)Nc1cc(C(C)(C)C)nn1-c1ccc(Cl)c(Cl)c1)C(=O)CSc1ccccc1. The Morgan fingerprint density at radius 1 is 1.06 bits per heavy atom. The monoisotopic (exact) mass is 532 g/mol. The van der Waals surface area contributed by atoms with Crippen molar-refractivity contribution in [3.8, 4) is 5.69 Å². The molecule has 0 spiro atoms. The lowest BCUT2D eigenvalue weighted by Gasteiger charge is -2.26. The zero-order valence-electron chi connectivity index (χ0n) is 20.5. The third-order valence-corrected chi connectivity index (χ3v) is 6.99. The van der Waals surface area contributed by atoms with E-state index in [9.17, 15) is 9.59 Å². The summed E-state index contributed by atoms with van der Waals surface area (Å²) in [6, 6.07) is 16.6. The minimum absolute atomic E-state index is 0.0662. The molecule has 6 nitrogen and oxygen atoms in total. The van der Waals surface area contributed by atoms with Gasteiger partial charge in [0.15, 0.2) is 0 Å². The van der Waals surface area contributed by atoms with Crippen LogP contribution in [-0.4, -0.2) is 44.8 Å². The van der Waals surface area contributed by atoms with E-state index in [0.29, 0.717) is 21.6 Å². The molecule has 186 valence electrons. The van der Waals surface area contributed by atoms with Crippen molar-refractivity contribution in [2.45, 2.75) is 51.0 Å². The van der Waals surface area contributed by atoms with Gasteiger partial charge in [-0.05, 0) is 44.2 Å². The van der Waals surface area contributed by atoms with Gasteiger partial charge in [-0.15, -0.1) is 11.8 Å². The lowest BCUT2D eigenvalue weighted by Crippen LogP contribution is -2.43. The van der Waals surface area contributed by atoms with E-state index in [0.717, 1.165) is 10.6 Å². The molecule has 2 amide bonds. The van der Waals surface area contributed by atoms with Crippen molar-refractivity contribution in [2.75, 3.05) is 17.6 Å². The second kappa shape index (κ2) is 11.5. The van der Waals surface area contributed by atoms with Crippen LogP contribution in [0, 0.1) is 0 Å². The van der Waals surface area contributed by atoms with Gasteiger partial charge in [0, 0.05) is 22.4 Å². The van der Waals surface area contributed by atoms with Crippen LogP contribution in [0.5, 0.6) is 0 Å². The van der Waals surface area contributed by atoms with Crippen molar-refractivity contribution in [3.63, 3.8) is 0 Å². The quantitative estimate of drug-likeness (QED) is 0.338. The summed E-state index contributed by atoms with van der Waals surface area (Å²) in [5, 5.41) is 8.46. The molecule has 0 aliphatic carbocycles. The highest BCUT2D eigenvalue weighted by Crippen LogP contribution is 2.29. The Bertz CT molecular complexity index is 1190. The number of benzene rings is 2. The topological polar surface area (TPSA) is 67.2 Å². The molecule has 0 aliphatic heterocycles. The average molecular weight is 534 g/mol. The largest absolute Gasteiger partial charge is 0.330 e. The summed E-state index contributed by atoms with van der Waals surface area (Å²) in [5.41, 5.74) is 1.23. The van der Waals surface area contributed by atoms with E-state index >= 15 is 0 Å². The molecule has 1 heterocycles. The maximum Gasteiger partial charge on any atom is 0.245 e. The molecule has 0 saturated carbocycles. The van der Waals surface area contributed by atoms with Crippen molar-refractivity contribution in [1.82, 2.24) is 14.7 Å². The van der Waals surface area contributed by atoms with Crippen molar-refractivity contribution in [1.29, 1.82) is 0 Å². The van der Waals surface area contributed by atoms with Gasteiger partial charge >= 0.3 is 0 Å². The maximum atomic E-state index is 13.1. The summed E-state index contributed by atoms with van der Waals surface area (Å²) < 4.78 is 1.63. The summed E-state index contributed by atoms with van der Waals surface area (Å²) in [7, 11) is 0. The Balaban J connectivity index is 1.78. The van der Waals surface area contributed by atoms with E-state index in [1.807, 2.05) is 71.0 Å². The van der Waals surface area contributed by atoms with Gasteiger partial charge in [0.1, 0.15) is 12.4 Å². The summed E-state index contributed by atoms with van der Waals surface area (Å²) >= 11 is 13.8. The second-order valence-corrected chi connectivity index (χ2v) is 11.3. The zero-order valence-corrected chi connectivity index (χ0v) is 22.8. The highest BCUT2D eigenvalue weighted by atomic mass is 35.5. The molecule has 0 unspecified atom stereocenters. The summed E-state index contributed by atoms with van der Waals surface area (Å²) in [4.78, 5) is 28.6. The first kappa shape index (κ1) is 27.1. The molecule has 0 radical (unpaired) electrons. The molecule has 35 heavy (non-hydrogen) atoms. The van der Waals surface area contributed by atoms with E-state index in [2.05, 4.69) is 5.32 Å². The number of carbonyl (C=O) groups is 2. The highest BCUT2D eigenvalue weighted by molar-refractivity contribution is 8.00. The Kier molecular flexibility index (Phi) is 8.91. The van der Waals surface area contributed by atoms with Crippen LogP contribution in [0.3, 0.4) is 0 Å². The number of nitrogens with zero attached hydrogens (tertiary/aromatic N) is 3. The molecule has 0 aliphatic rings. The lowest BCUT2D eigenvalue weighted by atomic mass is 9.92. The first-order valence-corrected chi connectivity index (χ1v) is 13.0. The van der Waals surface area contributed by atoms with Crippen molar-refractivity contribution in [2.24, 2.45) is 0 Å². The number of aromatic nitrogens is 2. The van der Waals surface area contributed by atoms with Gasteiger partial charge in [-0.1, -0.05) is 62.2 Å². The van der Waals surface area contributed by atoms with Crippen LogP contribution in [0.25, 0.3) is 5.69 Å². The summed E-state index contributed by atoms with van der Waals surface area (Å²) in [6.07, 6.45) is 0. The van der Waals surface area contributed by atoms with Gasteiger partial charge in [0.25, 0.3) is 0 Å². The predicted octanol–water partition coefficient (Wildman–Crippen LogP) is 6.44. The van der Waals surface area contributed by atoms with Crippen LogP contribution in [0.2, 0.25) is 10.0 Å². The fraction of sp³-hybridized carbons (Fsp3) is 0.346. The smallest absolute Gasteiger partial charge is 0.245 e. The molecule has 1 N–H and O–H groups in total. The Hall–Kier alpha value is -2.48. The number of nitrogens with one attached hydrogen (secondary N) is 1. The zero-order chi connectivity index (χ0) is 25.8. The molecule has 0 bridgehead atoms. The lowest BCUT2D eigenvalue weighted by molar-refractivity contribution is -0.134. The Morgan fingerprint density at radius 2 is 1.74 bits per heavy atom. The van der Waals surface area contributed by atoms with Crippen molar-refractivity contribution >= 4 is 52.6 Å². The molecule has 3 rings (SSSR count). The third kappa shape index (κ3) is 7.26. The van der Waals surface area contributed by atoms with E-state index in [4.69, 9.17) is 28.3 Å². The number of rotatable bonds is 8. The van der Waals surface area contributed by atoms with E-state index in [1.165, 1.54) is 11.8 Å². The van der Waals surface area contributed by atoms with Crippen LogP contribution in [0.15, 0.2) is 59.5 Å². The Labute approximate surface area is 221 Å². The van der Waals surface area contributed by atoms with Crippen LogP contribution in [0.1, 0.15) is 40.3 Å². The fourth-order valence-electron chi connectivity index (χ4n) is 3.29. The number of hydrogen-bond donors (Lipinski definition) is 1. The van der Waals surface area contributed by atoms with Crippen LogP contribution in [0.4, 0.5) is 5.82 Å². The molecule has 2 aromatic carbocycles. The normalized spacial score (nSPS) is 11.5. The summed E-state index contributed by atoms with van der Waals surface area (Å²) in [6.45, 7) is 9.87. The first-order valence-electron chi connectivity index (χ1n) is 11.3. The molecular weight excluding hydrogens is 503 g/mol. The first-order chi connectivity index (χ1) is 16.5. The van der Waals surface area contributed by atoms with E-state index in [-0.39, 0.29) is 35.6 Å². The number of thioether (sulfide) groups is 1. The highest BCUT2D eigenvalue weighted by Gasteiger charge is 2.24. The third-order valence-electron chi connectivity index (χ3n) is 5.26.